The lowest BCUT2D eigenvalue weighted by molar-refractivity contribution is -0.138. The Labute approximate surface area is 94.5 Å². The SMILES string of the molecule is OC(CCl)C(O)c1cncc(C(F)(F)F)c1. The van der Waals surface area contributed by atoms with Crippen molar-refractivity contribution in [3.63, 3.8) is 0 Å². The van der Waals surface area contributed by atoms with Gasteiger partial charge in [0.05, 0.1) is 17.5 Å². The summed E-state index contributed by atoms with van der Waals surface area (Å²) in [5.41, 5.74) is -1.10. The first-order chi connectivity index (χ1) is 7.36. The molecule has 0 fully saturated rings. The average molecular weight is 256 g/mol. The van der Waals surface area contributed by atoms with E-state index in [0.29, 0.717) is 6.20 Å². The second kappa shape index (κ2) is 4.99. The van der Waals surface area contributed by atoms with Crippen LogP contribution in [0.2, 0.25) is 0 Å². The number of aliphatic hydroxyl groups is 2. The van der Waals surface area contributed by atoms with E-state index in [1.807, 2.05) is 0 Å². The zero-order chi connectivity index (χ0) is 12.3. The minimum Gasteiger partial charge on any atom is -0.389 e. The van der Waals surface area contributed by atoms with Crippen molar-refractivity contribution in [2.75, 3.05) is 5.88 Å². The minimum absolute atomic E-state index is 0.122. The lowest BCUT2D eigenvalue weighted by atomic mass is 10.1. The molecule has 1 heterocycles. The summed E-state index contributed by atoms with van der Waals surface area (Å²) in [5.74, 6) is -0.280. The van der Waals surface area contributed by atoms with Crippen LogP contribution in [0.15, 0.2) is 18.5 Å². The van der Waals surface area contributed by atoms with Gasteiger partial charge < -0.3 is 10.2 Å². The maximum atomic E-state index is 12.3. The second-order valence-electron chi connectivity index (χ2n) is 3.17. The van der Waals surface area contributed by atoms with Crippen molar-refractivity contribution in [2.45, 2.75) is 18.4 Å². The van der Waals surface area contributed by atoms with Gasteiger partial charge in [-0.25, -0.2) is 0 Å². The van der Waals surface area contributed by atoms with Gasteiger partial charge in [-0.05, 0) is 6.07 Å². The Morgan fingerprint density at radius 3 is 2.44 bits per heavy atom. The van der Waals surface area contributed by atoms with Gasteiger partial charge in [0.25, 0.3) is 0 Å². The topological polar surface area (TPSA) is 53.4 Å². The normalized spacial score (nSPS) is 15.9. The highest BCUT2D eigenvalue weighted by Gasteiger charge is 2.32. The Morgan fingerprint density at radius 2 is 1.94 bits per heavy atom. The summed E-state index contributed by atoms with van der Waals surface area (Å²) >= 11 is 5.27. The molecule has 2 unspecified atom stereocenters. The zero-order valence-electron chi connectivity index (χ0n) is 7.95. The largest absolute Gasteiger partial charge is 0.417 e. The monoisotopic (exact) mass is 255 g/mol. The molecule has 0 aliphatic rings. The third kappa shape index (κ3) is 3.07. The maximum Gasteiger partial charge on any atom is 0.417 e. The Kier molecular flexibility index (Phi) is 4.12. The number of alkyl halides is 4. The molecule has 1 aromatic rings. The first-order valence-corrected chi connectivity index (χ1v) is 4.84. The summed E-state index contributed by atoms with van der Waals surface area (Å²) in [5, 5.41) is 18.6. The first-order valence-electron chi connectivity index (χ1n) is 4.30. The number of nitrogens with zero attached hydrogens (tertiary/aromatic N) is 1. The van der Waals surface area contributed by atoms with Crippen LogP contribution in [0.3, 0.4) is 0 Å². The highest BCUT2D eigenvalue weighted by Crippen LogP contribution is 2.30. The predicted octanol–water partition coefficient (Wildman–Crippen LogP) is 1.73. The summed E-state index contributed by atoms with van der Waals surface area (Å²) < 4.78 is 36.9. The number of halogens is 4. The minimum atomic E-state index is -4.53. The summed E-state index contributed by atoms with van der Waals surface area (Å²) in [7, 11) is 0. The molecular weight excluding hydrogens is 247 g/mol. The van der Waals surface area contributed by atoms with Crippen molar-refractivity contribution in [2.24, 2.45) is 0 Å². The van der Waals surface area contributed by atoms with Gasteiger partial charge in [0.1, 0.15) is 6.10 Å². The van der Waals surface area contributed by atoms with E-state index in [9.17, 15) is 23.4 Å². The fourth-order valence-electron chi connectivity index (χ4n) is 1.08. The Balaban J connectivity index is 2.99. The molecule has 0 aliphatic carbocycles. The van der Waals surface area contributed by atoms with Gasteiger partial charge in [-0.1, -0.05) is 0 Å². The molecule has 0 saturated heterocycles. The molecule has 1 aromatic heterocycles. The molecule has 0 amide bonds. The zero-order valence-corrected chi connectivity index (χ0v) is 8.70. The second-order valence-corrected chi connectivity index (χ2v) is 3.48. The highest BCUT2D eigenvalue weighted by molar-refractivity contribution is 6.18. The molecule has 1 rings (SSSR count). The molecule has 16 heavy (non-hydrogen) atoms. The lowest BCUT2D eigenvalue weighted by Crippen LogP contribution is -2.20. The molecule has 0 bridgehead atoms. The number of rotatable bonds is 3. The molecule has 0 spiro atoms. The van der Waals surface area contributed by atoms with Crippen molar-refractivity contribution >= 4 is 11.6 Å². The van der Waals surface area contributed by atoms with Gasteiger partial charge in [-0.15, -0.1) is 11.6 Å². The molecule has 2 N–H and O–H groups in total. The quantitative estimate of drug-likeness (QED) is 0.809. The van der Waals surface area contributed by atoms with E-state index in [2.05, 4.69) is 4.98 Å². The van der Waals surface area contributed by atoms with Crippen LogP contribution < -0.4 is 0 Å². The molecule has 7 heteroatoms. The van der Waals surface area contributed by atoms with Crippen molar-refractivity contribution < 1.29 is 23.4 Å². The predicted molar refractivity (Wildman–Crippen MR) is 50.9 cm³/mol. The van der Waals surface area contributed by atoms with Crippen molar-refractivity contribution in [3.05, 3.63) is 29.6 Å². The molecular formula is C9H9ClF3NO2. The number of hydrogen-bond acceptors (Lipinski definition) is 3. The van der Waals surface area contributed by atoms with Gasteiger partial charge >= 0.3 is 6.18 Å². The highest BCUT2D eigenvalue weighted by atomic mass is 35.5. The number of hydrogen-bond donors (Lipinski definition) is 2. The van der Waals surface area contributed by atoms with Crippen LogP contribution in [0, 0.1) is 0 Å². The van der Waals surface area contributed by atoms with Crippen molar-refractivity contribution in [1.82, 2.24) is 4.98 Å². The van der Waals surface area contributed by atoms with Crippen LogP contribution in [0.1, 0.15) is 17.2 Å². The number of aromatic nitrogens is 1. The smallest absolute Gasteiger partial charge is 0.389 e. The van der Waals surface area contributed by atoms with E-state index in [1.54, 1.807) is 0 Å². The molecule has 0 saturated carbocycles. The standard InChI is InChI=1S/C9H9ClF3NO2/c10-2-7(15)8(16)5-1-6(4-14-3-5)9(11,12)13/h1,3-4,7-8,15-16H,2H2. The maximum absolute atomic E-state index is 12.3. The lowest BCUT2D eigenvalue weighted by Gasteiger charge is -2.16. The van der Waals surface area contributed by atoms with Gasteiger partial charge in [0.2, 0.25) is 0 Å². The van der Waals surface area contributed by atoms with Gasteiger partial charge in [0.15, 0.2) is 0 Å². The molecule has 0 aromatic carbocycles. The van der Waals surface area contributed by atoms with Crippen LogP contribution in [0.25, 0.3) is 0 Å². The summed E-state index contributed by atoms with van der Waals surface area (Å²) in [6.45, 7) is 0. The van der Waals surface area contributed by atoms with Gasteiger partial charge in [0, 0.05) is 18.0 Å². The van der Waals surface area contributed by atoms with Gasteiger partial charge in [-0.3, -0.25) is 4.98 Å². The molecule has 90 valence electrons. The van der Waals surface area contributed by atoms with Gasteiger partial charge in [-0.2, -0.15) is 13.2 Å². The van der Waals surface area contributed by atoms with E-state index < -0.39 is 23.9 Å². The van der Waals surface area contributed by atoms with E-state index >= 15 is 0 Å². The Bertz CT molecular complexity index is 359. The fraction of sp³-hybridized carbons (Fsp3) is 0.444. The van der Waals surface area contributed by atoms with Crippen LogP contribution in [-0.2, 0) is 6.18 Å². The van der Waals surface area contributed by atoms with E-state index in [0.717, 1.165) is 12.3 Å². The van der Waals surface area contributed by atoms with E-state index in [-0.39, 0.29) is 11.4 Å². The number of aliphatic hydroxyl groups excluding tert-OH is 2. The summed E-state index contributed by atoms with van der Waals surface area (Å²) in [6, 6.07) is 0.730. The van der Waals surface area contributed by atoms with Crippen LogP contribution in [0.5, 0.6) is 0 Å². The average Bonchev–Trinajstić information content (AvgIpc) is 2.26. The van der Waals surface area contributed by atoms with E-state index in [1.165, 1.54) is 0 Å². The fourth-order valence-corrected chi connectivity index (χ4v) is 1.25. The van der Waals surface area contributed by atoms with Crippen LogP contribution in [-0.4, -0.2) is 27.2 Å². The van der Waals surface area contributed by atoms with Crippen molar-refractivity contribution in [3.8, 4) is 0 Å². The number of pyridine rings is 1. The van der Waals surface area contributed by atoms with E-state index in [4.69, 9.17) is 11.6 Å². The summed E-state index contributed by atoms with van der Waals surface area (Å²) in [6.07, 6.45) is -5.65. The van der Waals surface area contributed by atoms with Crippen LogP contribution in [0.4, 0.5) is 13.2 Å². The third-order valence-electron chi connectivity index (χ3n) is 1.95. The molecule has 2 atom stereocenters. The first kappa shape index (κ1) is 13.2. The van der Waals surface area contributed by atoms with Crippen LogP contribution >= 0.6 is 11.6 Å². The Morgan fingerprint density at radius 1 is 1.31 bits per heavy atom. The molecule has 0 aliphatic heterocycles. The van der Waals surface area contributed by atoms with Crippen molar-refractivity contribution in [1.29, 1.82) is 0 Å². The molecule has 0 radical (unpaired) electrons. The summed E-state index contributed by atoms with van der Waals surface area (Å²) in [4.78, 5) is 3.35. The third-order valence-corrected chi connectivity index (χ3v) is 2.27. The molecule has 3 nitrogen and oxygen atoms in total. The Hall–Kier alpha value is -0.850.